The fourth-order valence-electron chi connectivity index (χ4n) is 4.79. The van der Waals surface area contributed by atoms with Gasteiger partial charge in [0, 0.05) is 82.1 Å². The first-order valence-electron chi connectivity index (χ1n) is 10.4. The third kappa shape index (κ3) is 4.30. The summed E-state index contributed by atoms with van der Waals surface area (Å²) in [6, 6.07) is 8.68. The van der Waals surface area contributed by atoms with Crippen LogP contribution in [0.2, 0.25) is 0 Å². The lowest BCUT2D eigenvalue weighted by molar-refractivity contribution is 0.206. The van der Waals surface area contributed by atoms with Gasteiger partial charge in [0.25, 0.3) is 0 Å². The molecule has 0 spiro atoms. The van der Waals surface area contributed by atoms with Crippen LogP contribution in [0.5, 0.6) is 0 Å². The van der Waals surface area contributed by atoms with E-state index in [0.717, 1.165) is 45.0 Å². The summed E-state index contributed by atoms with van der Waals surface area (Å²) in [5, 5.41) is 2.90. The van der Waals surface area contributed by atoms with Gasteiger partial charge < -0.3 is 20.0 Å². The van der Waals surface area contributed by atoms with E-state index < -0.39 is 10.0 Å². The maximum Gasteiger partial charge on any atom is 0.317 e. The molecule has 4 rings (SSSR count). The van der Waals surface area contributed by atoms with E-state index in [0.29, 0.717) is 31.5 Å². The molecule has 3 heterocycles. The number of carbonyl (C=O) groups is 1. The Morgan fingerprint density at radius 1 is 0.931 bits per heavy atom. The fraction of sp³-hybridized carbons (Fsp3) is 0.650. The lowest BCUT2D eigenvalue weighted by atomic mass is 10.0. The minimum Gasteiger partial charge on any atom is -0.371 e. The Hall–Kier alpha value is -2.00. The maximum atomic E-state index is 12.1. The molecule has 0 saturated carbocycles. The van der Waals surface area contributed by atoms with E-state index in [1.807, 2.05) is 11.8 Å². The molecule has 3 saturated heterocycles. The minimum absolute atomic E-state index is 0.0637. The Balaban J connectivity index is 1.32. The van der Waals surface area contributed by atoms with E-state index in [1.165, 1.54) is 11.9 Å². The monoisotopic (exact) mass is 421 g/mol. The lowest BCUT2D eigenvalue weighted by Crippen LogP contribution is -2.48. The highest BCUT2D eigenvalue weighted by atomic mass is 32.2. The number of likely N-dealkylation sites (tertiary alicyclic amines) is 1. The zero-order valence-corrected chi connectivity index (χ0v) is 18.1. The summed E-state index contributed by atoms with van der Waals surface area (Å²) in [7, 11) is -3.10. The van der Waals surface area contributed by atoms with Crippen molar-refractivity contribution in [2.24, 2.45) is 11.8 Å². The zero-order chi connectivity index (χ0) is 20.6. The average Bonchev–Trinajstić information content (AvgIpc) is 3.27. The number of rotatable bonds is 4. The first-order valence-corrected chi connectivity index (χ1v) is 12.3. The van der Waals surface area contributed by atoms with Gasteiger partial charge in [0.15, 0.2) is 0 Å². The van der Waals surface area contributed by atoms with E-state index in [4.69, 9.17) is 0 Å². The van der Waals surface area contributed by atoms with Crippen molar-refractivity contribution >= 4 is 27.4 Å². The van der Waals surface area contributed by atoms with Crippen LogP contribution in [0, 0.1) is 11.8 Å². The molecule has 3 fully saturated rings. The van der Waals surface area contributed by atoms with Crippen molar-refractivity contribution in [2.75, 3.05) is 75.0 Å². The van der Waals surface area contributed by atoms with Gasteiger partial charge in [-0.2, -0.15) is 4.31 Å². The quantitative estimate of drug-likeness (QED) is 0.781. The van der Waals surface area contributed by atoms with Crippen molar-refractivity contribution in [2.45, 2.75) is 6.92 Å². The van der Waals surface area contributed by atoms with Crippen molar-refractivity contribution in [3.05, 3.63) is 24.3 Å². The van der Waals surface area contributed by atoms with Gasteiger partial charge in [0.1, 0.15) is 0 Å². The number of carbonyl (C=O) groups excluding carboxylic acids is 1. The number of urea groups is 1. The molecule has 29 heavy (non-hydrogen) atoms. The molecule has 1 N–H and O–H groups in total. The molecule has 8 nitrogen and oxygen atoms in total. The molecular formula is C20H31N5O3S. The lowest BCUT2D eigenvalue weighted by Gasteiger charge is -2.35. The van der Waals surface area contributed by atoms with Crippen molar-refractivity contribution in [1.82, 2.24) is 14.5 Å². The van der Waals surface area contributed by atoms with E-state index in [2.05, 4.69) is 39.4 Å². The third-order valence-corrected chi connectivity index (χ3v) is 7.69. The normalized spacial score (nSPS) is 25.4. The number of hydrogen-bond acceptors (Lipinski definition) is 5. The molecule has 1 aromatic rings. The first kappa shape index (κ1) is 20.3. The van der Waals surface area contributed by atoms with E-state index in [1.54, 1.807) is 4.31 Å². The maximum absolute atomic E-state index is 12.1. The van der Waals surface area contributed by atoms with Gasteiger partial charge in [-0.25, -0.2) is 13.2 Å². The number of hydrogen-bond donors (Lipinski definition) is 1. The van der Waals surface area contributed by atoms with E-state index in [-0.39, 0.29) is 6.03 Å². The second-order valence-corrected chi connectivity index (χ2v) is 10.3. The second kappa shape index (κ2) is 8.02. The van der Waals surface area contributed by atoms with Gasteiger partial charge in [-0.1, -0.05) is 0 Å². The van der Waals surface area contributed by atoms with Gasteiger partial charge in [-0.15, -0.1) is 0 Å². The smallest absolute Gasteiger partial charge is 0.317 e. The molecule has 9 heteroatoms. The molecule has 2 amide bonds. The number of amides is 2. The Morgan fingerprint density at radius 2 is 1.45 bits per heavy atom. The molecule has 3 aliphatic heterocycles. The molecule has 0 radical (unpaired) electrons. The van der Waals surface area contributed by atoms with Gasteiger partial charge in [-0.05, 0) is 31.2 Å². The number of nitrogens with one attached hydrogen (secondary N) is 1. The van der Waals surface area contributed by atoms with Gasteiger partial charge in [-0.3, -0.25) is 0 Å². The van der Waals surface area contributed by atoms with Crippen LogP contribution in [-0.2, 0) is 10.0 Å². The summed E-state index contributed by atoms with van der Waals surface area (Å²) in [4.78, 5) is 18.7. The van der Waals surface area contributed by atoms with Crippen molar-refractivity contribution in [3.8, 4) is 0 Å². The van der Waals surface area contributed by atoms with Crippen LogP contribution in [0.1, 0.15) is 6.92 Å². The largest absolute Gasteiger partial charge is 0.371 e. The minimum atomic E-state index is -3.10. The van der Waals surface area contributed by atoms with Gasteiger partial charge in [0.05, 0.1) is 6.26 Å². The van der Waals surface area contributed by atoms with Crippen molar-refractivity contribution in [1.29, 1.82) is 0 Å². The summed E-state index contributed by atoms with van der Waals surface area (Å²) < 4.78 is 24.9. The summed E-state index contributed by atoms with van der Waals surface area (Å²) >= 11 is 0. The van der Waals surface area contributed by atoms with Crippen LogP contribution in [0.3, 0.4) is 0 Å². The summed E-state index contributed by atoms with van der Waals surface area (Å²) in [5.74, 6) is 1.09. The topological polar surface area (TPSA) is 76.2 Å². The van der Waals surface area contributed by atoms with Crippen LogP contribution in [0.15, 0.2) is 24.3 Å². The number of nitrogens with zero attached hydrogens (tertiary/aromatic N) is 4. The molecule has 0 bridgehead atoms. The highest BCUT2D eigenvalue weighted by Gasteiger charge is 2.41. The zero-order valence-electron chi connectivity index (χ0n) is 17.2. The van der Waals surface area contributed by atoms with Gasteiger partial charge in [0.2, 0.25) is 10.0 Å². The van der Waals surface area contributed by atoms with Crippen LogP contribution < -0.4 is 15.1 Å². The Bertz CT molecular complexity index is 822. The Morgan fingerprint density at radius 3 is 1.93 bits per heavy atom. The second-order valence-electron chi connectivity index (χ2n) is 8.33. The summed E-state index contributed by atoms with van der Waals surface area (Å²) in [5.41, 5.74) is 2.37. The average molecular weight is 422 g/mol. The molecule has 0 aromatic heterocycles. The van der Waals surface area contributed by atoms with Gasteiger partial charge >= 0.3 is 6.03 Å². The van der Waals surface area contributed by atoms with E-state index >= 15 is 0 Å². The van der Waals surface area contributed by atoms with Crippen molar-refractivity contribution in [3.63, 3.8) is 0 Å². The standard InChI is InChI=1S/C20H31N5O3S/c1-3-21-20(26)24-14-16-12-23(13-17(16)15-24)19-6-4-18(5-7-19)22-8-10-25(11-9-22)29(2,27)28/h4-7,16-17H,3,8-15H2,1-2H3,(H,21,26)/t16-,17+. The molecular weight excluding hydrogens is 390 g/mol. The van der Waals surface area contributed by atoms with E-state index in [9.17, 15) is 13.2 Å². The van der Waals surface area contributed by atoms with Crippen LogP contribution in [-0.4, -0.2) is 88.8 Å². The SMILES string of the molecule is CCNC(=O)N1C[C@@H]2CN(c3ccc(N4CCN(S(C)(=O)=O)CC4)cc3)C[C@@H]2C1. The Labute approximate surface area is 173 Å². The number of sulfonamides is 1. The molecule has 0 aliphatic carbocycles. The van der Waals surface area contributed by atoms with Crippen molar-refractivity contribution < 1.29 is 13.2 Å². The predicted octanol–water partition coefficient (Wildman–Crippen LogP) is 0.866. The summed E-state index contributed by atoms with van der Waals surface area (Å²) in [6.45, 7) is 8.81. The molecule has 1 aromatic carbocycles. The number of anilines is 2. The highest BCUT2D eigenvalue weighted by Crippen LogP contribution is 2.34. The number of piperazine rings is 1. The molecule has 0 unspecified atom stereocenters. The molecule has 3 aliphatic rings. The Kier molecular flexibility index (Phi) is 5.61. The number of fused-ring (bicyclic) bond motifs is 1. The molecule has 160 valence electrons. The third-order valence-electron chi connectivity index (χ3n) is 6.39. The number of benzene rings is 1. The van der Waals surface area contributed by atoms with Crippen LogP contribution in [0.4, 0.5) is 16.2 Å². The fourth-order valence-corrected chi connectivity index (χ4v) is 5.61. The predicted molar refractivity (Wildman–Crippen MR) is 115 cm³/mol. The first-order chi connectivity index (χ1) is 13.8. The van der Waals surface area contributed by atoms with Crippen LogP contribution in [0.25, 0.3) is 0 Å². The molecule has 2 atom stereocenters. The van der Waals surface area contributed by atoms with Crippen LogP contribution >= 0.6 is 0 Å². The highest BCUT2D eigenvalue weighted by molar-refractivity contribution is 7.88. The summed E-state index contributed by atoms with van der Waals surface area (Å²) in [6.07, 6.45) is 1.28.